The smallest absolute Gasteiger partial charge is 0.316 e. The molecule has 2 aromatic rings. The molecule has 0 heterocycles. The summed E-state index contributed by atoms with van der Waals surface area (Å²) in [6.45, 7) is 0. The van der Waals surface area contributed by atoms with Crippen molar-refractivity contribution in [2.24, 2.45) is 5.73 Å². The number of aromatic hydroxyl groups is 1. The standard InChI is InChI=1S/C14H13BrN2O3/c1-20-11-6-5-10(17-14(16)19)13(18)12(11)8-3-2-4-9(15)7-8/h2-7,18H,1H3,(H3,16,17,19). The molecule has 0 spiro atoms. The lowest BCUT2D eigenvalue weighted by Gasteiger charge is -2.14. The molecule has 0 fully saturated rings. The summed E-state index contributed by atoms with van der Waals surface area (Å²) in [6, 6.07) is 9.82. The topological polar surface area (TPSA) is 84.6 Å². The molecule has 6 heteroatoms. The largest absolute Gasteiger partial charge is 0.505 e. The lowest BCUT2D eigenvalue weighted by atomic mass is 10.0. The number of phenols is 1. The maximum Gasteiger partial charge on any atom is 0.316 e. The van der Waals surface area contributed by atoms with Crippen LogP contribution in [0.3, 0.4) is 0 Å². The van der Waals surface area contributed by atoms with Gasteiger partial charge in [0.05, 0.1) is 18.4 Å². The van der Waals surface area contributed by atoms with Crippen LogP contribution in [0.25, 0.3) is 11.1 Å². The Hall–Kier alpha value is -2.21. The molecule has 0 unspecified atom stereocenters. The predicted octanol–water partition coefficient (Wildman–Crippen LogP) is 3.32. The van der Waals surface area contributed by atoms with Gasteiger partial charge in [-0.15, -0.1) is 0 Å². The van der Waals surface area contributed by atoms with Gasteiger partial charge in [-0.05, 0) is 29.8 Å². The number of phenolic OH excluding ortho intramolecular Hbond substituents is 1. The summed E-state index contributed by atoms with van der Waals surface area (Å²) < 4.78 is 6.13. The molecule has 2 rings (SSSR count). The molecule has 2 amide bonds. The van der Waals surface area contributed by atoms with E-state index in [0.717, 1.165) is 10.0 Å². The van der Waals surface area contributed by atoms with Crippen LogP contribution in [0.4, 0.5) is 10.5 Å². The van der Waals surface area contributed by atoms with E-state index in [1.165, 1.54) is 13.2 Å². The second-order valence-electron chi connectivity index (χ2n) is 4.04. The minimum atomic E-state index is -0.745. The molecular weight excluding hydrogens is 324 g/mol. The fourth-order valence-corrected chi connectivity index (χ4v) is 2.30. The van der Waals surface area contributed by atoms with E-state index in [2.05, 4.69) is 21.2 Å². The average Bonchev–Trinajstić information content (AvgIpc) is 2.40. The van der Waals surface area contributed by atoms with E-state index in [9.17, 15) is 9.90 Å². The molecular formula is C14H13BrN2O3. The molecule has 0 atom stereocenters. The van der Waals surface area contributed by atoms with Crippen LogP contribution in [-0.4, -0.2) is 18.2 Å². The number of anilines is 1. The monoisotopic (exact) mass is 336 g/mol. The lowest BCUT2D eigenvalue weighted by molar-refractivity contribution is 0.259. The van der Waals surface area contributed by atoms with Crippen LogP contribution in [0.1, 0.15) is 0 Å². The van der Waals surface area contributed by atoms with Crippen LogP contribution in [0, 0.1) is 0 Å². The van der Waals surface area contributed by atoms with E-state index in [-0.39, 0.29) is 11.4 Å². The molecule has 0 aliphatic rings. The Morgan fingerprint density at radius 2 is 2.10 bits per heavy atom. The van der Waals surface area contributed by atoms with Crippen molar-refractivity contribution < 1.29 is 14.6 Å². The summed E-state index contributed by atoms with van der Waals surface area (Å²) in [6.07, 6.45) is 0. The highest BCUT2D eigenvalue weighted by Crippen LogP contribution is 2.43. The Morgan fingerprint density at radius 3 is 2.70 bits per heavy atom. The van der Waals surface area contributed by atoms with Crippen LogP contribution in [0.2, 0.25) is 0 Å². The number of halogens is 1. The van der Waals surface area contributed by atoms with Gasteiger partial charge in [-0.3, -0.25) is 0 Å². The average molecular weight is 337 g/mol. The zero-order valence-corrected chi connectivity index (χ0v) is 12.3. The number of urea groups is 1. The fraction of sp³-hybridized carbons (Fsp3) is 0.0714. The Morgan fingerprint density at radius 1 is 1.35 bits per heavy atom. The summed E-state index contributed by atoms with van der Waals surface area (Å²) in [5.41, 5.74) is 6.54. The van der Waals surface area contributed by atoms with Gasteiger partial charge >= 0.3 is 6.03 Å². The van der Waals surface area contributed by atoms with Crippen molar-refractivity contribution in [3.63, 3.8) is 0 Å². The number of ether oxygens (including phenoxy) is 1. The molecule has 0 aliphatic carbocycles. The van der Waals surface area contributed by atoms with Gasteiger partial charge in [0.25, 0.3) is 0 Å². The number of primary amides is 1. The van der Waals surface area contributed by atoms with Crippen LogP contribution in [0.15, 0.2) is 40.9 Å². The number of hydrogen-bond acceptors (Lipinski definition) is 3. The van der Waals surface area contributed by atoms with E-state index < -0.39 is 6.03 Å². The first-order valence-electron chi connectivity index (χ1n) is 5.75. The summed E-state index contributed by atoms with van der Waals surface area (Å²) in [5.74, 6) is 0.400. The summed E-state index contributed by atoms with van der Waals surface area (Å²) in [5, 5.41) is 12.7. The van der Waals surface area contributed by atoms with Crippen molar-refractivity contribution in [1.82, 2.24) is 0 Å². The Kier molecular flexibility index (Phi) is 4.14. The first kappa shape index (κ1) is 14.2. The summed E-state index contributed by atoms with van der Waals surface area (Å²) >= 11 is 3.38. The highest BCUT2D eigenvalue weighted by atomic mass is 79.9. The van der Waals surface area contributed by atoms with Crippen LogP contribution in [-0.2, 0) is 0 Å². The third-order valence-electron chi connectivity index (χ3n) is 2.73. The molecule has 0 aromatic heterocycles. The van der Waals surface area contributed by atoms with Crippen LogP contribution >= 0.6 is 15.9 Å². The molecule has 20 heavy (non-hydrogen) atoms. The van der Waals surface area contributed by atoms with E-state index in [1.807, 2.05) is 24.3 Å². The predicted molar refractivity (Wildman–Crippen MR) is 81.0 cm³/mol. The quantitative estimate of drug-likeness (QED) is 0.751. The summed E-state index contributed by atoms with van der Waals surface area (Å²) in [4.78, 5) is 10.9. The number of amides is 2. The van der Waals surface area contributed by atoms with Crippen molar-refractivity contribution >= 4 is 27.6 Å². The highest BCUT2D eigenvalue weighted by molar-refractivity contribution is 9.10. The van der Waals surface area contributed by atoms with Gasteiger partial charge in [-0.2, -0.15) is 0 Å². The molecule has 0 saturated heterocycles. The first-order valence-corrected chi connectivity index (χ1v) is 6.54. The Balaban J connectivity index is 2.62. The molecule has 0 aliphatic heterocycles. The van der Waals surface area contributed by atoms with Gasteiger partial charge in [0.1, 0.15) is 5.75 Å². The van der Waals surface area contributed by atoms with Gasteiger partial charge in [0.15, 0.2) is 5.75 Å². The van der Waals surface area contributed by atoms with Crippen molar-refractivity contribution in [3.05, 3.63) is 40.9 Å². The SMILES string of the molecule is COc1ccc(NC(N)=O)c(O)c1-c1cccc(Br)c1. The Labute approximate surface area is 124 Å². The normalized spacial score (nSPS) is 10.1. The zero-order valence-electron chi connectivity index (χ0n) is 10.7. The van der Waals surface area contributed by atoms with Crippen molar-refractivity contribution in [3.8, 4) is 22.6 Å². The zero-order chi connectivity index (χ0) is 14.7. The molecule has 0 radical (unpaired) electrons. The molecule has 0 saturated carbocycles. The van der Waals surface area contributed by atoms with E-state index in [4.69, 9.17) is 10.5 Å². The number of carbonyl (C=O) groups is 1. The third-order valence-corrected chi connectivity index (χ3v) is 3.22. The highest BCUT2D eigenvalue weighted by Gasteiger charge is 2.16. The third kappa shape index (κ3) is 2.85. The fourth-order valence-electron chi connectivity index (χ4n) is 1.90. The molecule has 2 aromatic carbocycles. The molecule has 0 bridgehead atoms. The van der Waals surface area contributed by atoms with Gasteiger partial charge < -0.3 is 20.9 Å². The summed E-state index contributed by atoms with van der Waals surface area (Å²) in [7, 11) is 1.51. The number of benzene rings is 2. The van der Waals surface area contributed by atoms with Gasteiger partial charge in [0, 0.05) is 4.47 Å². The molecule has 104 valence electrons. The number of carbonyl (C=O) groups excluding carboxylic acids is 1. The van der Waals surface area contributed by atoms with E-state index >= 15 is 0 Å². The molecule has 5 nitrogen and oxygen atoms in total. The van der Waals surface area contributed by atoms with Crippen molar-refractivity contribution in [2.75, 3.05) is 12.4 Å². The maximum atomic E-state index is 10.9. The minimum absolute atomic E-state index is 0.0961. The van der Waals surface area contributed by atoms with Crippen LogP contribution < -0.4 is 15.8 Å². The van der Waals surface area contributed by atoms with Gasteiger partial charge in [0.2, 0.25) is 0 Å². The maximum absolute atomic E-state index is 10.9. The van der Waals surface area contributed by atoms with E-state index in [0.29, 0.717) is 11.3 Å². The van der Waals surface area contributed by atoms with E-state index in [1.54, 1.807) is 6.07 Å². The number of hydrogen-bond donors (Lipinski definition) is 3. The lowest BCUT2D eigenvalue weighted by Crippen LogP contribution is -2.19. The van der Waals surface area contributed by atoms with Crippen molar-refractivity contribution in [2.45, 2.75) is 0 Å². The first-order chi connectivity index (χ1) is 9.52. The van der Waals surface area contributed by atoms with Crippen molar-refractivity contribution in [1.29, 1.82) is 0 Å². The number of nitrogens with two attached hydrogens (primary N) is 1. The number of methoxy groups -OCH3 is 1. The number of nitrogens with one attached hydrogen (secondary N) is 1. The van der Waals surface area contributed by atoms with Gasteiger partial charge in [-0.1, -0.05) is 28.1 Å². The minimum Gasteiger partial charge on any atom is -0.505 e. The second kappa shape index (κ2) is 5.83. The number of rotatable bonds is 3. The Bertz CT molecular complexity index is 659. The second-order valence-corrected chi connectivity index (χ2v) is 4.95. The van der Waals surface area contributed by atoms with Gasteiger partial charge in [-0.25, -0.2) is 4.79 Å². The molecule has 4 N–H and O–H groups in total. The van der Waals surface area contributed by atoms with Crippen LogP contribution in [0.5, 0.6) is 11.5 Å².